The molecule has 1 aliphatic heterocycles. The molecule has 0 aliphatic carbocycles. The average Bonchev–Trinajstić information content (AvgIpc) is 1.82. The van der Waals surface area contributed by atoms with E-state index < -0.39 is 13.2 Å². The van der Waals surface area contributed by atoms with Crippen LogP contribution in [0.5, 0.6) is 0 Å². The van der Waals surface area contributed by atoms with Gasteiger partial charge >= 0.3 is 0 Å². The summed E-state index contributed by atoms with van der Waals surface area (Å²) in [5.74, 6) is 0. The molecule has 1 rings (SSSR count). The van der Waals surface area contributed by atoms with Crippen molar-refractivity contribution in [2.45, 2.75) is 12.8 Å². The van der Waals surface area contributed by atoms with Gasteiger partial charge in [-0.3, -0.25) is 0 Å². The Bertz CT molecular complexity index is 207. The fraction of sp³-hybridized carbons (Fsp3) is 1.00. The molecule has 4 heteroatoms. The van der Waals surface area contributed by atoms with Crippen molar-refractivity contribution in [2.24, 2.45) is 0 Å². The highest BCUT2D eigenvalue weighted by atomic mass is 32.4. The highest BCUT2D eigenvalue weighted by Crippen LogP contribution is 2.51. The van der Waals surface area contributed by atoms with Gasteiger partial charge in [0.15, 0.2) is 0 Å². The van der Waals surface area contributed by atoms with Crippen LogP contribution < -0.4 is 0 Å². The second-order valence-electron chi connectivity index (χ2n) is 4.20. The third-order valence-corrected chi connectivity index (χ3v) is 8.67. The number of hydrogen-bond donors (Lipinski definition) is 0. The predicted octanol–water partition coefficient (Wildman–Crippen LogP) is 2.88. The topological polar surface area (TPSA) is 17.1 Å². The lowest BCUT2D eigenvalue weighted by molar-refractivity contribution is 0.576. The van der Waals surface area contributed by atoms with Crippen LogP contribution in [0, 0.1) is 0 Å². The van der Waals surface area contributed by atoms with Crippen LogP contribution in [0.15, 0.2) is 0 Å². The monoisotopic (exact) mass is 224 g/mol. The van der Waals surface area contributed by atoms with Crippen molar-refractivity contribution >= 4 is 25.0 Å². The molecule has 0 aromatic carbocycles. The van der Waals surface area contributed by atoms with E-state index in [1.807, 2.05) is 6.66 Å². The van der Waals surface area contributed by atoms with E-state index in [1.165, 1.54) is 12.3 Å². The van der Waals surface area contributed by atoms with E-state index >= 15 is 0 Å². The predicted molar refractivity (Wildman–Crippen MR) is 62.4 cm³/mol. The molecule has 0 amide bonds. The average molecular weight is 224 g/mol. The molecule has 0 aromatic heterocycles. The molecule has 1 nitrogen and oxygen atoms in total. The summed E-state index contributed by atoms with van der Waals surface area (Å²) in [5.41, 5.74) is 0. The summed E-state index contributed by atoms with van der Waals surface area (Å²) in [6, 6.07) is -1.00. The minimum absolute atomic E-state index is 0.944. The summed E-state index contributed by atoms with van der Waals surface area (Å²) in [6.45, 7) is 4.21. The summed E-state index contributed by atoms with van der Waals surface area (Å²) in [5, 5.41) is 0. The Hall–Kier alpha value is 0.880. The van der Waals surface area contributed by atoms with Crippen LogP contribution in [-0.2, 0) is 16.4 Å². The third kappa shape index (κ3) is 3.73. The Morgan fingerprint density at radius 2 is 1.42 bits per heavy atom. The molecule has 0 bridgehead atoms. The van der Waals surface area contributed by atoms with Gasteiger partial charge in [-0.05, 0) is 44.5 Å². The smallest absolute Gasteiger partial charge is 0.0848 e. The highest BCUT2D eigenvalue weighted by Gasteiger charge is 2.21. The van der Waals surface area contributed by atoms with Gasteiger partial charge in [-0.25, -0.2) is 0 Å². The van der Waals surface area contributed by atoms with Crippen molar-refractivity contribution in [3.05, 3.63) is 0 Å². The Labute approximate surface area is 80.7 Å². The van der Waals surface area contributed by atoms with Crippen LogP contribution in [0.3, 0.4) is 0 Å². The lowest BCUT2D eigenvalue weighted by Gasteiger charge is -2.23. The van der Waals surface area contributed by atoms with Crippen LogP contribution in [0.25, 0.3) is 0 Å². The van der Waals surface area contributed by atoms with Crippen molar-refractivity contribution < 1.29 is 4.57 Å². The summed E-state index contributed by atoms with van der Waals surface area (Å²) in [4.78, 5) is 0. The SMILES string of the molecule is CP1(=O)CCCP(C)(=S)CCC1. The molecule has 0 unspecified atom stereocenters. The van der Waals surface area contributed by atoms with Gasteiger partial charge in [0.05, 0.1) is 7.14 Å². The fourth-order valence-corrected chi connectivity index (χ4v) is 6.73. The van der Waals surface area contributed by atoms with Crippen LogP contribution in [0.1, 0.15) is 12.8 Å². The van der Waals surface area contributed by atoms with Crippen LogP contribution in [-0.4, -0.2) is 38.0 Å². The zero-order valence-electron chi connectivity index (χ0n) is 7.95. The molecule has 1 aliphatic rings. The van der Waals surface area contributed by atoms with Crippen molar-refractivity contribution in [2.75, 3.05) is 38.0 Å². The molecular weight excluding hydrogens is 206 g/mol. The van der Waals surface area contributed by atoms with Gasteiger partial charge in [-0.1, -0.05) is 11.8 Å². The van der Waals surface area contributed by atoms with E-state index in [2.05, 4.69) is 6.66 Å². The normalized spacial score (nSPS) is 44.8. The quantitative estimate of drug-likeness (QED) is 0.588. The molecule has 0 atom stereocenters. The Kier molecular flexibility index (Phi) is 3.60. The Balaban J connectivity index is 2.57. The molecule has 0 saturated carbocycles. The molecule has 0 spiro atoms. The maximum absolute atomic E-state index is 11.8. The van der Waals surface area contributed by atoms with Gasteiger partial charge in [0.2, 0.25) is 0 Å². The van der Waals surface area contributed by atoms with Crippen molar-refractivity contribution in [3.63, 3.8) is 0 Å². The summed E-state index contributed by atoms with van der Waals surface area (Å²) >= 11 is 5.54. The first-order valence-electron chi connectivity index (χ1n) is 4.52. The molecule has 1 heterocycles. The largest absolute Gasteiger partial charge is 0.324 e. The van der Waals surface area contributed by atoms with Crippen LogP contribution >= 0.6 is 13.2 Å². The molecule has 0 N–H and O–H groups in total. The molecule has 0 aromatic rings. The van der Waals surface area contributed by atoms with Crippen LogP contribution in [0.4, 0.5) is 0 Å². The van der Waals surface area contributed by atoms with E-state index in [4.69, 9.17) is 11.8 Å². The molecule has 72 valence electrons. The summed E-state index contributed by atoms with van der Waals surface area (Å²) in [7, 11) is -1.74. The molecular formula is C8H18OP2S. The van der Waals surface area contributed by atoms with Gasteiger partial charge in [0.25, 0.3) is 0 Å². The molecule has 1 saturated heterocycles. The molecule has 1 fully saturated rings. The van der Waals surface area contributed by atoms with Crippen molar-refractivity contribution in [1.82, 2.24) is 0 Å². The van der Waals surface area contributed by atoms with Crippen molar-refractivity contribution in [1.29, 1.82) is 0 Å². The highest BCUT2D eigenvalue weighted by molar-refractivity contribution is 8.14. The van der Waals surface area contributed by atoms with Gasteiger partial charge in [-0.15, -0.1) is 0 Å². The zero-order valence-corrected chi connectivity index (χ0v) is 10.6. The Morgan fingerprint density at radius 1 is 1.00 bits per heavy atom. The first-order valence-corrected chi connectivity index (χ1v) is 10.7. The van der Waals surface area contributed by atoms with Gasteiger partial charge < -0.3 is 4.57 Å². The van der Waals surface area contributed by atoms with E-state index in [-0.39, 0.29) is 0 Å². The minimum atomic E-state index is -1.74. The Morgan fingerprint density at radius 3 is 1.83 bits per heavy atom. The number of hydrogen-bond acceptors (Lipinski definition) is 2. The third-order valence-electron chi connectivity index (χ3n) is 2.52. The van der Waals surface area contributed by atoms with E-state index in [1.54, 1.807) is 0 Å². The molecule has 12 heavy (non-hydrogen) atoms. The standard InChI is InChI=1S/C8H18OP2S/c1-10(9)5-3-7-11(2,12)8-4-6-10/h3-8H2,1-2H3. The minimum Gasteiger partial charge on any atom is -0.324 e. The van der Waals surface area contributed by atoms with E-state index in [0.717, 1.165) is 25.2 Å². The van der Waals surface area contributed by atoms with Gasteiger partial charge in [0.1, 0.15) is 0 Å². The zero-order chi connectivity index (χ0) is 9.24. The second kappa shape index (κ2) is 3.95. The van der Waals surface area contributed by atoms with E-state index in [9.17, 15) is 4.57 Å². The van der Waals surface area contributed by atoms with Gasteiger partial charge in [-0.2, -0.15) is 0 Å². The van der Waals surface area contributed by atoms with Gasteiger partial charge in [0, 0.05) is 12.3 Å². The number of rotatable bonds is 0. The maximum atomic E-state index is 11.8. The summed E-state index contributed by atoms with van der Waals surface area (Å²) in [6.07, 6.45) is 6.47. The molecule has 0 radical (unpaired) electrons. The van der Waals surface area contributed by atoms with Crippen LogP contribution in [0.2, 0.25) is 0 Å². The first-order chi connectivity index (χ1) is 5.41. The van der Waals surface area contributed by atoms with E-state index in [0.29, 0.717) is 0 Å². The lowest BCUT2D eigenvalue weighted by Crippen LogP contribution is -2.05. The van der Waals surface area contributed by atoms with Crippen molar-refractivity contribution in [3.8, 4) is 0 Å². The first kappa shape index (κ1) is 11.0. The fourth-order valence-electron chi connectivity index (χ4n) is 1.70. The lowest BCUT2D eigenvalue weighted by atomic mass is 10.5. The summed E-state index contributed by atoms with van der Waals surface area (Å²) < 4.78 is 11.8. The maximum Gasteiger partial charge on any atom is 0.0848 e. The second-order valence-corrected chi connectivity index (χ2v) is 13.8.